The Hall–Kier alpha value is -2.04. The Morgan fingerprint density at radius 2 is 1.64 bits per heavy atom. The van der Waals surface area contributed by atoms with E-state index in [1.165, 1.54) is 0 Å². The number of amides is 2. The highest BCUT2D eigenvalue weighted by Gasteiger charge is 2.09. The third-order valence-electron chi connectivity index (χ3n) is 2.99. The van der Waals surface area contributed by atoms with Crippen LogP contribution in [0.2, 0.25) is 10.0 Å². The largest absolute Gasteiger partial charge is 0.343 e. The molecule has 2 aromatic rings. The topological polar surface area (TPSA) is 58.2 Å². The molecule has 114 valence electrons. The smallest absolute Gasteiger partial charge is 0.251 e. The summed E-state index contributed by atoms with van der Waals surface area (Å²) in [5.74, 6) is -0.665. The zero-order valence-corrected chi connectivity index (χ0v) is 13.3. The van der Waals surface area contributed by atoms with Crippen molar-refractivity contribution in [1.82, 2.24) is 5.32 Å². The Morgan fingerprint density at radius 3 is 2.32 bits per heavy atom. The van der Waals surface area contributed by atoms with E-state index in [2.05, 4.69) is 10.6 Å². The maximum Gasteiger partial charge on any atom is 0.251 e. The summed E-state index contributed by atoms with van der Waals surface area (Å²) in [4.78, 5) is 23.8. The van der Waals surface area contributed by atoms with Gasteiger partial charge in [-0.3, -0.25) is 9.59 Å². The molecule has 0 fully saturated rings. The van der Waals surface area contributed by atoms with Crippen LogP contribution in [-0.2, 0) is 4.79 Å². The quantitative estimate of drug-likeness (QED) is 0.894. The highest BCUT2D eigenvalue weighted by molar-refractivity contribution is 6.31. The average molecular weight is 337 g/mol. The van der Waals surface area contributed by atoms with Gasteiger partial charge < -0.3 is 10.6 Å². The fourth-order valence-electron chi connectivity index (χ4n) is 1.79. The first-order valence-electron chi connectivity index (χ1n) is 6.55. The van der Waals surface area contributed by atoms with Gasteiger partial charge in [0.25, 0.3) is 5.91 Å². The number of hydrogen-bond donors (Lipinski definition) is 2. The molecule has 0 aromatic heterocycles. The number of aryl methyl sites for hydroxylation is 1. The molecule has 2 N–H and O–H groups in total. The molecule has 0 heterocycles. The third-order valence-corrected chi connectivity index (χ3v) is 3.48. The second kappa shape index (κ2) is 7.29. The van der Waals surface area contributed by atoms with E-state index in [-0.39, 0.29) is 18.4 Å². The number of anilines is 1. The van der Waals surface area contributed by atoms with Gasteiger partial charge in [0.1, 0.15) is 0 Å². The van der Waals surface area contributed by atoms with Crippen molar-refractivity contribution in [2.24, 2.45) is 0 Å². The molecule has 0 atom stereocenters. The number of benzene rings is 2. The first kappa shape index (κ1) is 16.3. The maximum atomic E-state index is 11.9. The van der Waals surface area contributed by atoms with E-state index in [9.17, 15) is 9.59 Å². The first-order chi connectivity index (χ1) is 10.5. The molecule has 0 aliphatic heterocycles. The summed E-state index contributed by atoms with van der Waals surface area (Å²) in [6.45, 7) is 1.73. The van der Waals surface area contributed by atoms with Gasteiger partial charge in [-0.25, -0.2) is 0 Å². The van der Waals surface area contributed by atoms with Crippen molar-refractivity contribution >= 4 is 40.7 Å². The number of rotatable bonds is 4. The maximum absolute atomic E-state index is 11.9. The second-order valence-corrected chi connectivity index (χ2v) is 5.57. The predicted molar refractivity (Wildman–Crippen MR) is 88.6 cm³/mol. The lowest BCUT2D eigenvalue weighted by Crippen LogP contribution is -2.32. The van der Waals surface area contributed by atoms with Crippen molar-refractivity contribution in [3.8, 4) is 0 Å². The van der Waals surface area contributed by atoms with Crippen LogP contribution in [0.15, 0.2) is 42.5 Å². The van der Waals surface area contributed by atoms with Crippen LogP contribution in [0.5, 0.6) is 0 Å². The predicted octanol–water partition coefficient (Wildman–Crippen LogP) is 3.67. The Balaban J connectivity index is 1.91. The zero-order valence-electron chi connectivity index (χ0n) is 11.8. The van der Waals surface area contributed by atoms with E-state index >= 15 is 0 Å². The SMILES string of the molecule is Cc1ccc(Cl)cc1NC(=O)CNC(=O)c1ccc(Cl)cc1. The molecule has 2 aromatic carbocycles. The van der Waals surface area contributed by atoms with Crippen LogP contribution in [0.25, 0.3) is 0 Å². The van der Waals surface area contributed by atoms with Crippen molar-refractivity contribution in [2.45, 2.75) is 6.92 Å². The summed E-state index contributed by atoms with van der Waals surface area (Å²) >= 11 is 11.6. The zero-order chi connectivity index (χ0) is 16.1. The van der Waals surface area contributed by atoms with Gasteiger partial charge in [0.2, 0.25) is 5.91 Å². The summed E-state index contributed by atoms with van der Waals surface area (Å²) in [6, 6.07) is 11.6. The fourth-order valence-corrected chi connectivity index (χ4v) is 2.09. The van der Waals surface area contributed by atoms with Gasteiger partial charge in [-0.1, -0.05) is 29.3 Å². The molecule has 0 saturated carbocycles. The second-order valence-electron chi connectivity index (χ2n) is 4.70. The number of carbonyl (C=O) groups excluding carboxylic acids is 2. The van der Waals surface area contributed by atoms with Crippen molar-refractivity contribution in [2.75, 3.05) is 11.9 Å². The molecule has 0 unspecified atom stereocenters. The molecule has 4 nitrogen and oxygen atoms in total. The summed E-state index contributed by atoms with van der Waals surface area (Å²) in [7, 11) is 0. The van der Waals surface area contributed by atoms with E-state index < -0.39 is 0 Å². The molecule has 0 spiro atoms. The van der Waals surface area contributed by atoms with Crippen LogP contribution in [0.3, 0.4) is 0 Å². The molecule has 22 heavy (non-hydrogen) atoms. The molecule has 0 aliphatic carbocycles. The molecule has 0 saturated heterocycles. The normalized spacial score (nSPS) is 10.1. The molecule has 0 radical (unpaired) electrons. The minimum atomic E-state index is -0.338. The molecular formula is C16H14Cl2N2O2. The van der Waals surface area contributed by atoms with Crippen LogP contribution >= 0.6 is 23.2 Å². The molecule has 0 aliphatic rings. The van der Waals surface area contributed by atoms with E-state index in [0.717, 1.165) is 5.56 Å². The van der Waals surface area contributed by atoms with Crippen molar-refractivity contribution in [1.29, 1.82) is 0 Å². The van der Waals surface area contributed by atoms with Crippen molar-refractivity contribution in [3.05, 3.63) is 63.6 Å². The van der Waals surface area contributed by atoms with Crippen molar-refractivity contribution in [3.63, 3.8) is 0 Å². The highest BCUT2D eigenvalue weighted by atomic mass is 35.5. The van der Waals surface area contributed by atoms with Gasteiger partial charge in [-0.15, -0.1) is 0 Å². The third kappa shape index (κ3) is 4.48. The molecule has 0 bridgehead atoms. The van der Waals surface area contributed by atoms with Gasteiger partial charge in [0.05, 0.1) is 6.54 Å². The fraction of sp³-hybridized carbons (Fsp3) is 0.125. The standard InChI is InChI=1S/C16H14Cl2N2O2/c1-10-2-5-13(18)8-14(10)20-15(21)9-19-16(22)11-3-6-12(17)7-4-11/h2-8H,9H2,1H3,(H,19,22)(H,20,21). The Labute approximate surface area is 138 Å². The summed E-state index contributed by atoms with van der Waals surface area (Å²) in [5, 5.41) is 6.33. The monoisotopic (exact) mass is 336 g/mol. The van der Waals surface area contributed by atoms with Gasteiger partial charge in [0, 0.05) is 21.3 Å². The van der Waals surface area contributed by atoms with E-state index in [1.54, 1.807) is 36.4 Å². The van der Waals surface area contributed by atoms with Gasteiger partial charge >= 0.3 is 0 Å². The van der Waals surface area contributed by atoms with Gasteiger partial charge in [-0.05, 0) is 48.9 Å². The molecular weight excluding hydrogens is 323 g/mol. The Bertz CT molecular complexity index is 700. The van der Waals surface area contributed by atoms with Crippen LogP contribution in [-0.4, -0.2) is 18.4 Å². The van der Waals surface area contributed by atoms with Crippen molar-refractivity contribution < 1.29 is 9.59 Å². The Morgan fingerprint density at radius 1 is 1.00 bits per heavy atom. The lowest BCUT2D eigenvalue weighted by atomic mass is 10.2. The first-order valence-corrected chi connectivity index (χ1v) is 7.31. The van der Waals surface area contributed by atoms with E-state index in [4.69, 9.17) is 23.2 Å². The molecule has 2 rings (SSSR count). The lowest BCUT2D eigenvalue weighted by molar-refractivity contribution is -0.115. The average Bonchev–Trinajstić information content (AvgIpc) is 2.49. The van der Waals surface area contributed by atoms with Crippen LogP contribution in [0.1, 0.15) is 15.9 Å². The van der Waals surface area contributed by atoms with E-state index in [0.29, 0.717) is 21.3 Å². The summed E-state index contributed by atoms with van der Waals surface area (Å²) in [6.07, 6.45) is 0. The lowest BCUT2D eigenvalue weighted by Gasteiger charge is -2.09. The van der Waals surface area contributed by atoms with Gasteiger partial charge in [0.15, 0.2) is 0 Å². The number of nitrogens with one attached hydrogen (secondary N) is 2. The summed E-state index contributed by atoms with van der Waals surface area (Å²) in [5.41, 5.74) is 1.95. The molecule has 2 amide bonds. The minimum absolute atomic E-state index is 0.132. The van der Waals surface area contributed by atoms with Crippen LogP contribution < -0.4 is 10.6 Å². The van der Waals surface area contributed by atoms with Gasteiger partial charge in [-0.2, -0.15) is 0 Å². The number of carbonyl (C=O) groups is 2. The number of hydrogen-bond acceptors (Lipinski definition) is 2. The highest BCUT2D eigenvalue weighted by Crippen LogP contribution is 2.19. The molecule has 6 heteroatoms. The minimum Gasteiger partial charge on any atom is -0.343 e. The Kier molecular flexibility index (Phi) is 5.41. The van der Waals surface area contributed by atoms with Crippen LogP contribution in [0.4, 0.5) is 5.69 Å². The van der Waals surface area contributed by atoms with E-state index in [1.807, 2.05) is 13.0 Å². The van der Waals surface area contributed by atoms with Crippen LogP contribution in [0, 0.1) is 6.92 Å². The number of halogens is 2. The summed E-state index contributed by atoms with van der Waals surface area (Å²) < 4.78 is 0.